The largest absolute Gasteiger partial charge is 0.506 e. The fraction of sp³-hybridized carbons (Fsp3) is 0.308. The van der Waals surface area contributed by atoms with Crippen LogP contribution in [0.15, 0.2) is 29.6 Å². The molecule has 1 aromatic rings. The molecule has 0 unspecified atom stereocenters. The minimum atomic E-state index is -0.238. The molecule has 0 atom stereocenters. The highest BCUT2D eigenvalue weighted by Gasteiger charge is 2.07. The van der Waals surface area contributed by atoms with Crippen molar-refractivity contribution in [3.05, 3.63) is 46.4 Å². The summed E-state index contributed by atoms with van der Waals surface area (Å²) in [4.78, 5) is 13.6. The van der Waals surface area contributed by atoms with E-state index in [1.165, 1.54) is 12.1 Å². The van der Waals surface area contributed by atoms with Crippen molar-refractivity contribution in [3.8, 4) is 0 Å². The monoisotopic (exact) mass is 221 g/mol. The van der Waals surface area contributed by atoms with Crippen LogP contribution in [0.3, 0.4) is 0 Å². The Morgan fingerprint density at radius 3 is 2.44 bits per heavy atom. The predicted molar refractivity (Wildman–Crippen MR) is 69.4 cm³/mol. The Bertz CT molecular complexity index is 441. The van der Waals surface area contributed by atoms with Gasteiger partial charge in [0, 0.05) is 11.6 Å². The first-order valence-electron chi connectivity index (χ1n) is 5.31. The van der Waals surface area contributed by atoms with Crippen LogP contribution < -0.4 is 5.56 Å². The van der Waals surface area contributed by atoms with Gasteiger partial charge >= 0.3 is 0 Å². The van der Waals surface area contributed by atoms with E-state index in [2.05, 4.69) is 11.6 Å². The third-order valence-corrected chi connectivity index (χ3v) is 1.91. The molecule has 0 radical (unpaired) electrons. The van der Waals surface area contributed by atoms with Crippen LogP contribution in [0.25, 0.3) is 11.3 Å². The number of rotatable bonds is 2. The van der Waals surface area contributed by atoms with Crippen LogP contribution in [0, 0.1) is 0 Å². The van der Waals surface area contributed by atoms with E-state index < -0.39 is 0 Å². The lowest BCUT2D eigenvalue weighted by Gasteiger charge is -2.07. The second-order valence-electron chi connectivity index (χ2n) is 3.07. The Hall–Kier alpha value is -1.77. The zero-order chi connectivity index (χ0) is 12.7. The van der Waals surface area contributed by atoms with Crippen molar-refractivity contribution in [1.82, 2.24) is 4.98 Å². The Morgan fingerprint density at radius 1 is 1.44 bits per heavy atom. The molecule has 1 aromatic heterocycles. The number of hydrogen-bond acceptors (Lipinski definition) is 2. The van der Waals surface area contributed by atoms with Crippen molar-refractivity contribution in [3.63, 3.8) is 0 Å². The molecule has 16 heavy (non-hydrogen) atoms. The highest BCUT2D eigenvalue weighted by Crippen LogP contribution is 2.18. The van der Waals surface area contributed by atoms with Crippen LogP contribution >= 0.6 is 0 Å². The minimum absolute atomic E-state index is 0.0562. The summed E-state index contributed by atoms with van der Waals surface area (Å²) in [5.74, 6) is 0.0562. The molecule has 0 aliphatic heterocycles. The first-order chi connectivity index (χ1) is 7.56. The number of aromatic amines is 1. The lowest BCUT2D eigenvalue weighted by Crippen LogP contribution is -2.09. The molecule has 0 aromatic carbocycles. The normalized spacial score (nSPS) is 10.4. The maximum absolute atomic E-state index is 11.1. The highest BCUT2D eigenvalue weighted by atomic mass is 16.3. The van der Waals surface area contributed by atoms with E-state index in [0.717, 1.165) is 11.1 Å². The topological polar surface area (TPSA) is 53.1 Å². The lowest BCUT2D eigenvalue weighted by atomic mass is 10.1. The highest BCUT2D eigenvalue weighted by molar-refractivity contribution is 5.72. The van der Waals surface area contributed by atoms with Crippen molar-refractivity contribution >= 4 is 11.3 Å². The van der Waals surface area contributed by atoms with Gasteiger partial charge in [-0.15, -0.1) is 0 Å². The maximum atomic E-state index is 11.1. The molecule has 1 rings (SSSR count). The van der Waals surface area contributed by atoms with Gasteiger partial charge in [0.2, 0.25) is 5.56 Å². The summed E-state index contributed by atoms with van der Waals surface area (Å²) in [5, 5.41) is 9.53. The number of H-pyrrole nitrogens is 1. The molecule has 0 saturated carbocycles. The Morgan fingerprint density at radius 2 is 2.00 bits per heavy atom. The summed E-state index contributed by atoms with van der Waals surface area (Å²) >= 11 is 0. The lowest BCUT2D eigenvalue weighted by molar-refractivity contribution is 0.507. The molecule has 0 saturated heterocycles. The van der Waals surface area contributed by atoms with Gasteiger partial charge in [-0.3, -0.25) is 4.79 Å². The third kappa shape index (κ3) is 3.42. The van der Waals surface area contributed by atoms with Gasteiger partial charge in [-0.25, -0.2) is 0 Å². The SMILES string of the molecule is C=C(C)c1ccc(=O)[nH]c1/C(O)=C\C.CC. The van der Waals surface area contributed by atoms with E-state index in [-0.39, 0.29) is 11.3 Å². The second kappa shape index (κ2) is 6.67. The minimum Gasteiger partial charge on any atom is -0.506 e. The van der Waals surface area contributed by atoms with Gasteiger partial charge in [0.15, 0.2) is 0 Å². The van der Waals surface area contributed by atoms with Gasteiger partial charge < -0.3 is 10.1 Å². The van der Waals surface area contributed by atoms with Crippen LogP contribution in [0.1, 0.15) is 39.0 Å². The van der Waals surface area contributed by atoms with Gasteiger partial charge in [0.05, 0.1) is 5.69 Å². The number of hydrogen-bond donors (Lipinski definition) is 2. The predicted octanol–water partition coefficient (Wildman–Crippen LogP) is 3.35. The average molecular weight is 221 g/mol. The standard InChI is InChI=1S/C11H13NO2.C2H6/c1-4-9(13)11-8(7(2)3)5-6-10(14)12-11;1-2/h4-6,13H,2H2,1,3H3,(H,12,14);1-2H3/b9-4+;. The number of aliphatic hydroxyl groups excluding tert-OH is 1. The first kappa shape index (κ1) is 14.2. The van der Waals surface area contributed by atoms with Crippen molar-refractivity contribution in [2.75, 3.05) is 0 Å². The fourth-order valence-corrected chi connectivity index (χ4v) is 1.18. The molecule has 0 bridgehead atoms. The average Bonchev–Trinajstić information content (AvgIpc) is 2.30. The van der Waals surface area contributed by atoms with Crippen molar-refractivity contribution < 1.29 is 5.11 Å². The van der Waals surface area contributed by atoms with E-state index in [4.69, 9.17) is 0 Å². The molecular weight excluding hydrogens is 202 g/mol. The Kier molecular flexibility index (Phi) is 5.93. The number of aromatic nitrogens is 1. The van der Waals surface area contributed by atoms with Gasteiger partial charge in [0.25, 0.3) is 0 Å². The van der Waals surface area contributed by atoms with Crippen molar-refractivity contribution in [1.29, 1.82) is 0 Å². The number of aliphatic hydroxyl groups is 1. The van der Waals surface area contributed by atoms with E-state index in [1.807, 2.05) is 20.8 Å². The number of allylic oxidation sites excluding steroid dienone is 2. The molecule has 0 aliphatic carbocycles. The summed E-state index contributed by atoms with van der Waals surface area (Å²) in [5.41, 5.74) is 1.73. The maximum Gasteiger partial charge on any atom is 0.248 e. The molecule has 3 nitrogen and oxygen atoms in total. The molecular formula is C13H19NO2. The first-order valence-corrected chi connectivity index (χ1v) is 5.31. The summed E-state index contributed by atoms with van der Waals surface area (Å²) in [6.07, 6.45) is 1.53. The van der Waals surface area contributed by atoms with Crippen LogP contribution in [-0.2, 0) is 0 Å². The third-order valence-electron chi connectivity index (χ3n) is 1.91. The zero-order valence-corrected chi connectivity index (χ0v) is 10.3. The quantitative estimate of drug-likeness (QED) is 0.752. The number of pyridine rings is 1. The van der Waals surface area contributed by atoms with E-state index >= 15 is 0 Å². The van der Waals surface area contributed by atoms with Gasteiger partial charge in [-0.2, -0.15) is 0 Å². The molecule has 2 N–H and O–H groups in total. The molecule has 0 amide bonds. The molecule has 0 fully saturated rings. The van der Waals surface area contributed by atoms with Gasteiger partial charge in [-0.1, -0.05) is 20.4 Å². The summed E-state index contributed by atoms with van der Waals surface area (Å²) < 4.78 is 0. The second-order valence-corrected chi connectivity index (χ2v) is 3.07. The van der Waals surface area contributed by atoms with Crippen LogP contribution in [0.2, 0.25) is 0 Å². The fourth-order valence-electron chi connectivity index (χ4n) is 1.18. The molecule has 1 heterocycles. The molecule has 88 valence electrons. The van der Waals surface area contributed by atoms with E-state index in [1.54, 1.807) is 13.0 Å². The van der Waals surface area contributed by atoms with Gasteiger partial charge in [-0.05, 0) is 31.6 Å². The summed E-state index contributed by atoms with van der Waals surface area (Å²) in [6.45, 7) is 11.3. The molecule has 0 spiro atoms. The number of nitrogens with one attached hydrogen (secondary N) is 1. The van der Waals surface area contributed by atoms with E-state index in [0.29, 0.717) is 5.69 Å². The van der Waals surface area contributed by atoms with Crippen molar-refractivity contribution in [2.24, 2.45) is 0 Å². The van der Waals surface area contributed by atoms with E-state index in [9.17, 15) is 9.90 Å². The Balaban J connectivity index is 0.00000106. The van der Waals surface area contributed by atoms with Crippen LogP contribution in [0.4, 0.5) is 0 Å². The molecule has 0 aliphatic rings. The zero-order valence-electron chi connectivity index (χ0n) is 10.3. The van der Waals surface area contributed by atoms with Crippen LogP contribution in [-0.4, -0.2) is 10.1 Å². The molecule has 3 heteroatoms. The van der Waals surface area contributed by atoms with Crippen molar-refractivity contribution in [2.45, 2.75) is 27.7 Å². The van der Waals surface area contributed by atoms with Crippen LogP contribution in [0.5, 0.6) is 0 Å². The smallest absolute Gasteiger partial charge is 0.248 e. The van der Waals surface area contributed by atoms with Gasteiger partial charge in [0.1, 0.15) is 5.76 Å². The summed E-state index contributed by atoms with van der Waals surface area (Å²) in [6, 6.07) is 3.06. The Labute approximate surface area is 96.2 Å². The summed E-state index contributed by atoms with van der Waals surface area (Å²) in [7, 11) is 0.